The van der Waals surface area contributed by atoms with Crippen LogP contribution in [0.5, 0.6) is 0 Å². The molecule has 0 spiro atoms. The van der Waals surface area contributed by atoms with E-state index in [1.54, 1.807) is 6.26 Å². The lowest BCUT2D eigenvalue weighted by molar-refractivity contribution is 0.0946. The Morgan fingerprint density at radius 2 is 1.96 bits per heavy atom. The molecule has 0 radical (unpaired) electrons. The molecule has 1 N–H and O–H groups in total. The van der Waals surface area contributed by atoms with Crippen molar-refractivity contribution in [2.24, 2.45) is 0 Å². The predicted octanol–water partition coefficient (Wildman–Crippen LogP) is 3.96. The maximum atomic E-state index is 12.7. The van der Waals surface area contributed by atoms with E-state index in [0.717, 1.165) is 35.7 Å². The third-order valence-corrected chi connectivity index (χ3v) is 4.18. The first-order chi connectivity index (χ1) is 12.1. The molecule has 0 fully saturated rings. The number of furan rings is 1. The second-order valence-electron chi connectivity index (χ2n) is 6.17. The van der Waals surface area contributed by atoms with Gasteiger partial charge in [-0.25, -0.2) is 4.68 Å². The minimum absolute atomic E-state index is 0.115. The number of hydrogen-bond acceptors (Lipinski definition) is 3. The molecule has 0 aliphatic carbocycles. The average molecular weight is 337 g/mol. The number of rotatable bonds is 6. The minimum Gasteiger partial charge on any atom is -0.467 e. The molecule has 0 atom stereocenters. The predicted molar refractivity (Wildman–Crippen MR) is 96.9 cm³/mol. The van der Waals surface area contributed by atoms with E-state index in [1.807, 2.05) is 48.0 Å². The zero-order valence-corrected chi connectivity index (χ0v) is 14.9. The summed E-state index contributed by atoms with van der Waals surface area (Å²) < 4.78 is 7.13. The SMILES string of the molecule is CCCc1nn(-c2ccc(C)cc2)c(C)c1C(=O)NCc1ccco1. The first-order valence-electron chi connectivity index (χ1n) is 8.56. The molecule has 5 nitrogen and oxygen atoms in total. The standard InChI is InChI=1S/C20H23N3O2/c1-4-6-18-19(20(24)21-13-17-7-5-12-25-17)15(3)23(22-18)16-10-8-14(2)9-11-16/h5,7-12H,4,6,13H2,1-3H3,(H,21,24). The Morgan fingerprint density at radius 1 is 1.20 bits per heavy atom. The fourth-order valence-corrected chi connectivity index (χ4v) is 2.87. The van der Waals surface area contributed by atoms with Crippen LogP contribution >= 0.6 is 0 Å². The van der Waals surface area contributed by atoms with Crippen molar-refractivity contribution in [3.8, 4) is 5.69 Å². The van der Waals surface area contributed by atoms with Gasteiger partial charge in [0, 0.05) is 0 Å². The molecule has 0 aliphatic rings. The van der Waals surface area contributed by atoms with Gasteiger partial charge in [-0.05, 0) is 44.5 Å². The Balaban J connectivity index is 1.91. The van der Waals surface area contributed by atoms with Crippen molar-refractivity contribution in [1.29, 1.82) is 0 Å². The first kappa shape index (κ1) is 17.0. The van der Waals surface area contributed by atoms with Gasteiger partial charge in [0.2, 0.25) is 0 Å². The first-order valence-corrected chi connectivity index (χ1v) is 8.56. The highest BCUT2D eigenvalue weighted by Crippen LogP contribution is 2.20. The summed E-state index contributed by atoms with van der Waals surface area (Å²) in [5, 5.41) is 7.63. The Hall–Kier alpha value is -2.82. The quantitative estimate of drug-likeness (QED) is 0.740. The van der Waals surface area contributed by atoms with Gasteiger partial charge in [-0.2, -0.15) is 5.10 Å². The maximum Gasteiger partial charge on any atom is 0.255 e. The van der Waals surface area contributed by atoms with Gasteiger partial charge in [0.25, 0.3) is 5.91 Å². The Labute approximate surface area is 147 Å². The fourth-order valence-electron chi connectivity index (χ4n) is 2.87. The van der Waals surface area contributed by atoms with E-state index in [0.29, 0.717) is 12.1 Å². The monoisotopic (exact) mass is 337 g/mol. The number of nitrogens with zero attached hydrogens (tertiary/aromatic N) is 2. The van der Waals surface area contributed by atoms with Crippen LogP contribution in [-0.2, 0) is 13.0 Å². The Kier molecular flexibility index (Phi) is 5.03. The van der Waals surface area contributed by atoms with Gasteiger partial charge in [0.1, 0.15) is 5.76 Å². The number of amides is 1. The molecule has 0 saturated heterocycles. The lowest BCUT2D eigenvalue weighted by Crippen LogP contribution is -2.24. The lowest BCUT2D eigenvalue weighted by Gasteiger charge is -2.06. The van der Waals surface area contributed by atoms with Crippen LogP contribution in [0.25, 0.3) is 5.69 Å². The normalized spacial score (nSPS) is 10.8. The lowest BCUT2D eigenvalue weighted by atomic mass is 10.1. The van der Waals surface area contributed by atoms with Crippen LogP contribution in [0.1, 0.15) is 46.4 Å². The number of hydrogen-bond donors (Lipinski definition) is 1. The summed E-state index contributed by atoms with van der Waals surface area (Å²) in [6.07, 6.45) is 3.30. The van der Waals surface area contributed by atoms with Gasteiger partial charge in [-0.15, -0.1) is 0 Å². The molecule has 2 aromatic heterocycles. The van der Waals surface area contributed by atoms with Crippen molar-refractivity contribution in [1.82, 2.24) is 15.1 Å². The summed E-state index contributed by atoms with van der Waals surface area (Å²) in [6, 6.07) is 11.8. The Morgan fingerprint density at radius 3 is 2.60 bits per heavy atom. The zero-order valence-electron chi connectivity index (χ0n) is 14.9. The van der Waals surface area contributed by atoms with E-state index in [2.05, 4.69) is 19.2 Å². The van der Waals surface area contributed by atoms with Crippen molar-refractivity contribution in [2.75, 3.05) is 0 Å². The summed E-state index contributed by atoms with van der Waals surface area (Å²) in [6.45, 7) is 6.45. The van der Waals surface area contributed by atoms with Gasteiger partial charge in [0.05, 0.1) is 35.4 Å². The molecule has 1 aromatic carbocycles. The smallest absolute Gasteiger partial charge is 0.255 e. The third-order valence-electron chi connectivity index (χ3n) is 4.18. The highest BCUT2D eigenvalue weighted by Gasteiger charge is 2.21. The van der Waals surface area contributed by atoms with Gasteiger partial charge in [-0.1, -0.05) is 31.0 Å². The number of carbonyl (C=O) groups is 1. The summed E-state index contributed by atoms with van der Waals surface area (Å²) in [7, 11) is 0. The number of aromatic nitrogens is 2. The number of nitrogens with one attached hydrogen (secondary N) is 1. The third kappa shape index (κ3) is 3.65. The average Bonchev–Trinajstić information content (AvgIpc) is 3.22. The molecular weight excluding hydrogens is 314 g/mol. The van der Waals surface area contributed by atoms with E-state index in [1.165, 1.54) is 5.56 Å². The van der Waals surface area contributed by atoms with Crippen LogP contribution in [-0.4, -0.2) is 15.7 Å². The molecule has 25 heavy (non-hydrogen) atoms. The van der Waals surface area contributed by atoms with Crippen molar-refractivity contribution >= 4 is 5.91 Å². The topological polar surface area (TPSA) is 60.1 Å². The van der Waals surface area contributed by atoms with Crippen molar-refractivity contribution in [2.45, 2.75) is 40.2 Å². The van der Waals surface area contributed by atoms with Gasteiger partial charge in [-0.3, -0.25) is 4.79 Å². The summed E-state index contributed by atoms with van der Waals surface area (Å²) in [4.78, 5) is 12.7. The van der Waals surface area contributed by atoms with Gasteiger partial charge in [0.15, 0.2) is 0 Å². The molecular formula is C20H23N3O2. The number of aryl methyl sites for hydroxylation is 2. The van der Waals surface area contributed by atoms with Gasteiger partial charge < -0.3 is 9.73 Å². The molecule has 0 aliphatic heterocycles. The van der Waals surface area contributed by atoms with Crippen LogP contribution in [0.4, 0.5) is 0 Å². The summed E-state index contributed by atoms with van der Waals surface area (Å²) in [5.41, 5.74) is 4.50. The van der Waals surface area contributed by atoms with Gasteiger partial charge >= 0.3 is 0 Å². The molecule has 0 saturated carbocycles. The van der Waals surface area contributed by atoms with Crippen LogP contribution in [0.2, 0.25) is 0 Å². The van der Waals surface area contributed by atoms with E-state index < -0.39 is 0 Å². The van der Waals surface area contributed by atoms with Crippen molar-refractivity contribution in [3.63, 3.8) is 0 Å². The van der Waals surface area contributed by atoms with Crippen LogP contribution in [0, 0.1) is 13.8 Å². The molecule has 3 aromatic rings. The number of benzene rings is 1. The minimum atomic E-state index is -0.115. The number of carbonyl (C=O) groups excluding carboxylic acids is 1. The highest BCUT2D eigenvalue weighted by molar-refractivity contribution is 5.96. The maximum absolute atomic E-state index is 12.7. The molecule has 1 amide bonds. The highest BCUT2D eigenvalue weighted by atomic mass is 16.3. The van der Waals surface area contributed by atoms with Crippen molar-refractivity contribution in [3.05, 3.63) is 70.9 Å². The molecule has 5 heteroatoms. The fraction of sp³-hybridized carbons (Fsp3) is 0.300. The van der Waals surface area contributed by atoms with Crippen LogP contribution < -0.4 is 5.32 Å². The molecule has 2 heterocycles. The molecule has 0 unspecified atom stereocenters. The van der Waals surface area contributed by atoms with E-state index in [-0.39, 0.29) is 5.91 Å². The summed E-state index contributed by atoms with van der Waals surface area (Å²) >= 11 is 0. The second-order valence-corrected chi connectivity index (χ2v) is 6.17. The van der Waals surface area contributed by atoms with E-state index >= 15 is 0 Å². The molecule has 130 valence electrons. The van der Waals surface area contributed by atoms with E-state index in [9.17, 15) is 4.79 Å². The van der Waals surface area contributed by atoms with Crippen LogP contribution in [0.3, 0.4) is 0 Å². The van der Waals surface area contributed by atoms with Crippen molar-refractivity contribution < 1.29 is 9.21 Å². The van der Waals surface area contributed by atoms with E-state index in [4.69, 9.17) is 9.52 Å². The molecule has 0 bridgehead atoms. The second kappa shape index (κ2) is 7.38. The Bertz CT molecular complexity index is 846. The molecule has 3 rings (SSSR count). The van der Waals surface area contributed by atoms with Crippen LogP contribution in [0.15, 0.2) is 47.1 Å². The summed E-state index contributed by atoms with van der Waals surface area (Å²) in [5.74, 6) is 0.615. The largest absolute Gasteiger partial charge is 0.467 e. The zero-order chi connectivity index (χ0) is 17.8.